The summed E-state index contributed by atoms with van der Waals surface area (Å²) in [5.74, 6) is -1.64. The predicted molar refractivity (Wildman–Crippen MR) is 99.3 cm³/mol. The standard InChI is InChI=1S/C20H23N3O5/c1-2-11-22-18(26)14-5-3-4-6-15(14)23-17(25)9-10-20(22,23)19(27)28-12-16(24)21-13-7-8-13/h3-6,13H,2,7-12H2,1H3,(H,21,24)/t20-/m1/s1. The van der Waals surface area contributed by atoms with Crippen molar-refractivity contribution in [3.8, 4) is 0 Å². The number of nitrogens with zero attached hydrogens (tertiary/aromatic N) is 2. The van der Waals surface area contributed by atoms with Crippen LogP contribution in [0.4, 0.5) is 5.69 Å². The SMILES string of the molecule is CCCN1C(=O)c2ccccc2N2C(=O)CC[C@@]12C(=O)OCC(=O)NC1CC1. The van der Waals surface area contributed by atoms with E-state index in [0.717, 1.165) is 12.8 Å². The minimum atomic E-state index is -1.53. The first kappa shape index (κ1) is 18.5. The number of para-hydroxylation sites is 1. The summed E-state index contributed by atoms with van der Waals surface area (Å²) in [6.07, 6.45) is 2.76. The number of rotatable bonds is 6. The van der Waals surface area contributed by atoms with Crippen LogP contribution in [0.3, 0.4) is 0 Å². The summed E-state index contributed by atoms with van der Waals surface area (Å²) in [5, 5.41) is 2.76. The van der Waals surface area contributed by atoms with E-state index < -0.39 is 18.2 Å². The van der Waals surface area contributed by atoms with Crippen molar-refractivity contribution in [2.24, 2.45) is 0 Å². The van der Waals surface area contributed by atoms with Crippen LogP contribution in [0.5, 0.6) is 0 Å². The smallest absolute Gasteiger partial charge is 0.354 e. The highest BCUT2D eigenvalue weighted by atomic mass is 16.5. The van der Waals surface area contributed by atoms with Crippen LogP contribution in [0.1, 0.15) is 49.4 Å². The lowest BCUT2D eigenvalue weighted by Crippen LogP contribution is -2.68. The molecule has 148 valence electrons. The molecule has 2 fully saturated rings. The molecule has 1 saturated heterocycles. The zero-order valence-electron chi connectivity index (χ0n) is 15.8. The number of benzene rings is 1. The summed E-state index contributed by atoms with van der Waals surface area (Å²) in [6.45, 7) is 1.78. The number of amides is 3. The van der Waals surface area contributed by atoms with Crippen molar-refractivity contribution >= 4 is 29.4 Å². The van der Waals surface area contributed by atoms with Gasteiger partial charge < -0.3 is 15.0 Å². The zero-order chi connectivity index (χ0) is 19.9. The fourth-order valence-electron chi connectivity index (χ4n) is 4.02. The molecular weight excluding hydrogens is 362 g/mol. The average Bonchev–Trinajstić information content (AvgIpc) is 3.43. The summed E-state index contributed by atoms with van der Waals surface area (Å²) in [4.78, 5) is 53.9. The van der Waals surface area contributed by atoms with Gasteiger partial charge in [0.2, 0.25) is 11.6 Å². The van der Waals surface area contributed by atoms with E-state index in [1.165, 1.54) is 9.80 Å². The third-order valence-corrected chi connectivity index (χ3v) is 5.42. The van der Waals surface area contributed by atoms with E-state index in [9.17, 15) is 19.2 Å². The van der Waals surface area contributed by atoms with Crippen molar-refractivity contribution in [2.45, 2.75) is 50.7 Å². The molecule has 1 aromatic carbocycles. The number of ether oxygens (including phenoxy) is 1. The topological polar surface area (TPSA) is 96.0 Å². The van der Waals surface area contributed by atoms with E-state index in [2.05, 4.69) is 5.32 Å². The molecule has 2 aliphatic heterocycles. The number of hydrogen-bond acceptors (Lipinski definition) is 5. The maximum Gasteiger partial charge on any atom is 0.354 e. The Balaban J connectivity index is 1.68. The molecule has 1 aliphatic carbocycles. The van der Waals surface area contributed by atoms with Gasteiger partial charge in [-0.25, -0.2) is 4.79 Å². The van der Waals surface area contributed by atoms with E-state index in [0.29, 0.717) is 24.2 Å². The van der Waals surface area contributed by atoms with Crippen molar-refractivity contribution in [3.63, 3.8) is 0 Å². The molecule has 1 N–H and O–H groups in total. The van der Waals surface area contributed by atoms with Gasteiger partial charge in [-0.05, 0) is 31.4 Å². The van der Waals surface area contributed by atoms with Crippen LogP contribution < -0.4 is 10.2 Å². The van der Waals surface area contributed by atoms with Crippen molar-refractivity contribution in [2.75, 3.05) is 18.1 Å². The van der Waals surface area contributed by atoms with Gasteiger partial charge in [0, 0.05) is 25.4 Å². The monoisotopic (exact) mass is 385 g/mol. The number of anilines is 1. The van der Waals surface area contributed by atoms with Gasteiger partial charge in [-0.3, -0.25) is 19.3 Å². The second kappa shape index (κ2) is 6.92. The molecule has 8 heteroatoms. The molecule has 0 spiro atoms. The first-order valence-electron chi connectivity index (χ1n) is 9.69. The predicted octanol–water partition coefficient (Wildman–Crippen LogP) is 1.20. The van der Waals surface area contributed by atoms with Gasteiger partial charge in [-0.2, -0.15) is 0 Å². The van der Waals surface area contributed by atoms with Gasteiger partial charge in [-0.15, -0.1) is 0 Å². The zero-order valence-corrected chi connectivity index (χ0v) is 15.8. The summed E-state index contributed by atoms with van der Waals surface area (Å²) in [7, 11) is 0. The second-order valence-corrected chi connectivity index (χ2v) is 7.44. The van der Waals surface area contributed by atoms with Gasteiger partial charge in [-0.1, -0.05) is 19.1 Å². The Labute approximate surface area is 162 Å². The van der Waals surface area contributed by atoms with Crippen LogP contribution in [0.15, 0.2) is 24.3 Å². The summed E-state index contributed by atoms with van der Waals surface area (Å²) >= 11 is 0. The van der Waals surface area contributed by atoms with E-state index in [1.54, 1.807) is 24.3 Å². The van der Waals surface area contributed by atoms with E-state index in [-0.39, 0.29) is 36.6 Å². The lowest BCUT2D eigenvalue weighted by atomic mass is 9.96. The molecule has 0 aromatic heterocycles. The Morgan fingerprint density at radius 2 is 2.00 bits per heavy atom. The molecule has 2 heterocycles. The first-order valence-corrected chi connectivity index (χ1v) is 9.69. The van der Waals surface area contributed by atoms with Crippen LogP contribution in [-0.2, 0) is 19.1 Å². The van der Waals surface area contributed by atoms with Gasteiger partial charge >= 0.3 is 5.97 Å². The Kier molecular flexibility index (Phi) is 4.56. The van der Waals surface area contributed by atoms with Gasteiger partial charge in [0.15, 0.2) is 6.61 Å². The Hall–Kier alpha value is -2.90. The Morgan fingerprint density at radius 1 is 1.25 bits per heavy atom. The minimum Gasteiger partial charge on any atom is -0.452 e. The number of carbonyl (C=O) groups excluding carboxylic acids is 4. The minimum absolute atomic E-state index is 0.130. The average molecular weight is 385 g/mol. The molecule has 1 aromatic rings. The van der Waals surface area contributed by atoms with Crippen LogP contribution in [0.2, 0.25) is 0 Å². The highest BCUT2D eigenvalue weighted by Crippen LogP contribution is 2.45. The molecule has 3 amide bonds. The summed E-state index contributed by atoms with van der Waals surface area (Å²) < 4.78 is 5.33. The molecule has 0 bridgehead atoms. The fourth-order valence-corrected chi connectivity index (χ4v) is 4.02. The second-order valence-electron chi connectivity index (χ2n) is 7.44. The molecule has 0 unspecified atom stereocenters. The summed E-state index contributed by atoms with van der Waals surface area (Å²) in [5.41, 5.74) is -0.721. The van der Waals surface area contributed by atoms with Crippen molar-refractivity contribution < 1.29 is 23.9 Å². The lowest BCUT2D eigenvalue weighted by Gasteiger charge is -2.48. The van der Waals surface area contributed by atoms with Gasteiger partial charge in [0.25, 0.3) is 11.8 Å². The third-order valence-electron chi connectivity index (χ3n) is 5.42. The Bertz CT molecular complexity index is 850. The van der Waals surface area contributed by atoms with E-state index in [4.69, 9.17) is 4.74 Å². The van der Waals surface area contributed by atoms with Crippen molar-refractivity contribution in [3.05, 3.63) is 29.8 Å². The number of nitrogens with one attached hydrogen (secondary N) is 1. The normalized spacial score (nSPS) is 23.3. The lowest BCUT2D eigenvalue weighted by molar-refractivity contribution is -0.160. The maximum atomic E-state index is 13.2. The molecule has 28 heavy (non-hydrogen) atoms. The van der Waals surface area contributed by atoms with Crippen molar-refractivity contribution in [1.29, 1.82) is 0 Å². The highest BCUT2D eigenvalue weighted by molar-refractivity contribution is 6.15. The largest absolute Gasteiger partial charge is 0.452 e. The first-order chi connectivity index (χ1) is 13.5. The van der Waals surface area contributed by atoms with Crippen LogP contribution in [0.25, 0.3) is 0 Å². The third kappa shape index (κ3) is 2.83. The quantitative estimate of drug-likeness (QED) is 0.743. The fraction of sp³-hybridized carbons (Fsp3) is 0.500. The molecule has 1 atom stereocenters. The highest BCUT2D eigenvalue weighted by Gasteiger charge is 2.61. The molecule has 4 rings (SSSR count). The van der Waals surface area contributed by atoms with Crippen LogP contribution >= 0.6 is 0 Å². The molecule has 1 saturated carbocycles. The van der Waals surface area contributed by atoms with Crippen LogP contribution in [0, 0.1) is 0 Å². The van der Waals surface area contributed by atoms with Crippen LogP contribution in [-0.4, -0.2) is 53.4 Å². The van der Waals surface area contributed by atoms with Crippen molar-refractivity contribution in [1.82, 2.24) is 10.2 Å². The number of carbonyl (C=O) groups is 4. The van der Waals surface area contributed by atoms with E-state index in [1.807, 2.05) is 6.92 Å². The molecule has 8 nitrogen and oxygen atoms in total. The number of esters is 1. The maximum absolute atomic E-state index is 13.2. The van der Waals surface area contributed by atoms with Gasteiger partial charge in [0.05, 0.1) is 11.3 Å². The number of hydrogen-bond donors (Lipinski definition) is 1. The summed E-state index contributed by atoms with van der Waals surface area (Å²) in [6, 6.07) is 6.95. The molecular formula is C20H23N3O5. The van der Waals surface area contributed by atoms with Gasteiger partial charge in [0.1, 0.15) is 0 Å². The van der Waals surface area contributed by atoms with E-state index >= 15 is 0 Å². The molecule has 3 aliphatic rings. The number of fused-ring (bicyclic) bond motifs is 3. The Morgan fingerprint density at radius 3 is 2.71 bits per heavy atom. The molecule has 0 radical (unpaired) electrons.